The van der Waals surface area contributed by atoms with Crippen LogP contribution in [0.1, 0.15) is 11.1 Å². The summed E-state index contributed by atoms with van der Waals surface area (Å²) >= 11 is 0. The Hall–Kier alpha value is -1.70. The van der Waals surface area contributed by atoms with Crippen LogP contribution in [-0.4, -0.2) is 53.5 Å². The van der Waals surface area contributed by atoms with E-state index in [4.69, 9.17) is 15.7 Å². The van der Waals surface area contributed by atoms with Crippen LogP contribution in [-0.2, 0) is 11.3 Å². The summed E-state index contributed by atoms with van der Waals surface area (Å²) in [6, 6.07) is 4.07. The maximum Gasteiger partial charge on any atom is 0.170 e. The van der Waals surface area contributed by atoms with E-state index < -0.39 is 5.82 Å². The first kappa shape index (κ1) is 14.7. The highest BCUT2D eigenvalue weighted by Crippen LogP contribution is 2.17. The lowest BCUT2D eigenvalue weighted by atomic mass is 10.0. The number of hydrogen-bond donors (Lipinski definition) is 3. The number of benzene rings is 1. The van der Waals surface area contributed by atoms with Gasteiger partial charge >= 0.3 is 0 Å². The van der Waals surface area contributed by atoms with Gasteiger partial charge in [-0.25, -0.2) is 4.39 Å². The van der Waals surface area contributed by atoms with Gasteiger partial charge in [-0.15, -0.1) is 0 Å². The van der Waals surface area contributed by atoms with Crippen molar-refractivity contribution >= 4 is 5.84 Å². The number of rotatable bonds is 4. The third-order valence-corrected chi connectivity index (χ3v) is 3.39. The molecule has 1 heterocycles. The summed E-state index contributed by atoms with van der Waals surface area (Å²) in [6.45, 7) is 2.16. The molecule has 1 saturated heterocycles. The molecule has 1 aromatic carbocycles. The number of nitrogens with zero attached hydrogens (tertiary/aromatic N) is 2. The second kappa shape index (κ2) is 6.65. The highest BCUT2D eigenvalue weighted by atomic mass is 19.1. The fourth-order valence-electron chi connectivity index (χ4n) is 2.26. The molecule has 0 saturated carbocycles. The van der Waals surface area contributed by atoms with Crippen LogP contribution >= 0.6 is 0 Å². The number of hydrogen-bond acceptors (Lipinski definition) is 5. The summed E-state index contributed by atoms with van der Waals surface area (Å²) < 4.78 is 18.6. The summed E-state index contributed by atoms with van der Waals surface area (Å²) in [5.41, 5.74) is 6.67. The number of oxime groups is 1. The zero-order chi connectivity index (χ0) is 14.5. The molecule has 1 atom stereocenters. The number of aliphatic hydroxyl groups is 1. The van der Waals surface area contributed by atoms with Crippen molar-refractivity contribution in [2.75, 3.05) is 26.4 Å². The van der Waals surface area contributed by atoms with E-state index in [1.54, 1.807) is 6.07 Å². The van der Waals surface area contributed by atoms with E-state index in [-0.39, 0.29) is 18.5 Å². The Morgan fingerprint density at radius 2 is 2.35 bits per heavy atom. The number of ether oxygens (including phenoxy) is 1. The Morgan fingerprint density at radius 1 is 1.55 bits per heavy atom. The molecule has 2 rings (SSSR count). The van der Waals surface area contributed by atoms with Crippen LogP contribution in [0.4, 0.5) is 4.39 Å². The lowest BCUT2D eigenvalue weighted by Gasteiger charge is -2.34. The van der Waals surface area contributed by atoms with Gasteiger partial charge in [-0.05, 0) is 17.7 Å². The minimum Gasteiger partial charge on any atom is -0.409 e. The lowest BCUT2D eigenvalue weighted by molar-refractivity contribution is -0.0312. The zero-order valence-corrected chi connectivity index (χ0v) is 11.0. The van der Waals surface area contributed by atoms with Crippen LogP contribution in [0.2, 0.25) is 0 Å². The third kappa shape index (κ3) is 3.24. The Morgan fingerprint density at radius 3 is 3.05 bits per heavy atom. The quantitative estimate of drug-likeness (QED) is 0.316. The molecule has 1 unspecified atom stereocenters. The van der Waals surface area contributed by atoms with Crippen molar-refractivity contribution < 1.29 is 19.4 Å². The SMILES string of the molecule is N/C(=N/O)c1cc(F)ccc1CN1CCOCC1CO. The second-order valence-electron chi connectivity index (χ2n) is 4.67. The average molecular weight is 283 g/mol. The normalized spacial score (nSPS) is 21.1. The van der Waals surface area contributed by atoms with Gasteiger partial charge in [0.1, 0.15) is 5.82 Å². The number of morpholine rings is 1. The van der Waals surface area contributed by atoms with Crippen molar-refractivity contribution in [3.8, 4) is 0 Å². The second-order valence-corrected chi connectivity index (χ2v) is 4.67. The zero-order valence-electron chi connectivity index (χ0n) is 11.0. The minimum atomic E-state index is -0.448. The molecule has 4 N–H and O–H groups in total. The summed E-state index contributed by atoms with van der Waals surface area (Å²) in [4.78, 5) is 2.03. The van der Waals surface area contributed by atoms with Crippen molar-refractivity contribution in [1.82, 2.24) is 4.90 Å². The fourth-order valence-corrected chi connectivity index (χ4v) is 2.26. The number of nitrogens with two attached hydrogens (primary N) is 1. The largest absolute Gasteiger partial charge is 0.409 e. The van der Waals surface area contributed by atoms with Crippen LogP contribution in [0, 0.1) is 5.82 Å². The summed E-state index contributed by atoms with van der Waals surface area (Å²) in [6.07, 6.45) is 0. The van der Waals surface area contributed by atoms with E-state index in [0.717, 1.165) is 5.56 Å². The van der Waals surface area contributed by atoms with Crippen molar-refractivity contribution in [2.24, 2.45) is 10.9 Å². The van der Waals surface area contributed by atoms with Crippen molar-refractivity contribution in [3.05, 3.63) is 35.1 Å². The molecule has 1 aliphatic heterocycles. The molecule has 0 aliphatic carbocycles. The maximum atomic E-state index is 13.3. The standard InChI is InChI=1S/C13H18FN3O3/c14-10-2-1-9(12(5-10)13(15)16-19)6-17-3-4-20-8-11(17)7-18/h1-2,5,11,18-19H,3-4,6-8H2,(H2,15,16). The maximum absolute atomic E-state index is 13.3. The van der Waals surface area contributed by atoms with Gasteiger partial charge in [-0.1, -0.05) is 11.2 Å². The van der Waals surface area contributed by atoms with E-state index in [2.05, 4.69) is 5.16 Å². The summed E-state index contributed by atoms with van der Waals surface area (Å²) in [7, 11) is 0. The Balaban J connectivity index is 2.24. The number of aliphatic hydroxyl groups excluding tert-OH is 1. The van der Waals surface area contributed by atoms with Crippen molar-refractivity contribution in [3.63, 3.8) is 0 Å². The Bertz CT molecular complexity index is 496. The van der Waals surface area contributed by atoms with Gasteiger partial charge in [0, 0.05) is 18.7 Å². The van der Waals surface area contributed by atoms with E-state index >= 15 is 0 Å². The molecule has 1 fully saturated rings. The molecule has 110 valence electrons. The van der Waals surface area contributed by atoms with Gasteiger partial charge in [0.05, 0.1) is 25.9 Å². The third-order valence-electron chi connectivity index (χ3n) is 3.39. The molecule has 20 heavy (non-hydrogen) atoms. The van der Waals surface area contributed by atoms with Gasteiger partial charge < -0.3 is 20.8 Å². The van der Waals surface area contributed by atoms with Gasteiger partial charge in [-0.2, -0.15) is 0 Å². The molecular weight excluding hydrogens is 265 g/mol. The first-order chi connectivity index (χ1) is 9.65. The van der Waals surface area contributed by atoms with Crippen molar-refractivity contribution in [1.29, 1.82) is 0 Å². The first-order valence-electron chi connectivity index (χ1n) is 6.34. The first-order valence-corrected chi connectivity index (χ1v) is 6.34. The van der Waals surface area contributed by atoms with Crippen LogP contribution in [0.25, 0.3) is 0 Å². The van der Waals surface area contributed by atoms with Crippen LogP contribution < -0.4 is 5.73 Å². The molecule has 0 spiro atoms. The average Bonchev–Trinajstić information content (AvgIpc) is 2.48. The van der Waals surface area contributed by atoms with E-state index in [1.165, 1.54) is 12.1 Å². The lowest BCUT2D eigenvalue weighted by Crippen LogP contribution is -2.47. The van der Waals surface area contributed by atoms with Crippen molar-refractivity contribution in [2.45, 2.75) is 12.6 Å². The fraction of sp³-hybridized carbons (Fsp3) is 0.462. The predicted octanol–water partition coefficient (Wildman–Crippen LogP) is 0.113. The molecular formula is C13H18FN3O3. The predicted molar refractivity (Wildman–Crippen MR) is 71.0 cm³/mol. The molecule has 7 heteroatoms. The van der Waals surface area contributed by atoms with E-state index in [9.17, 15) is 9.50 Å². The molecule has 1 aliphatic rings. The molecule has 6 nitrogen and oxygen atoms in total. The molecule has 0 bridgehead atoms. The molecule has 0 aromatic heterocycles. The van der Waals surface area contributed by atoms with Gasteiger partial charge in [-0.3, -0.25) is 4.90 Å². The van der Waals surface area contributed by atoms with Gasteiger partial charge in [0.15, 0.2) is 5.84 Å². The summed E-state index contributed by atoms with van der Waals surface area (Å²) in [5, 5.41) is 21.0. The number of amidine groups is 1. The van der Waals surface area contributed by atoms with Gasteiger partial charge in [0.25, 0.3) is 0 Å². The Labute approximate surface area is 116 Å². The highest BCUT2D eigenvalue weighted by molar-refractivity contribution is 5.98. The summed E-state index contributed by atoms with van der Waals surface area (Å²) in [5.74, 6) is -0.579. The molecule has 0 radical (unpaired) electrons. The van der Waals surface area contributed by atoms with Crippen LogP contribution in [0.3, 0.4) is 0 Å². The van der Waals surface area contributed by atoms with Crippen LogP contribution in [0.15, 0.2) is 23.4 Å². The van der Waals surface area contributed by atoms with Gasteiger partial charge in [0.2, 0.25) is 0 Å². The molecule has 0 amide bonds. The molecule has 1 aromatic rings. The minimum absolute atomic E-state index is 0.0138. The van der Waals surface area contributed by atoms with E-state index in [1.807, 2.05) is 4.90 Å². The topological polar surface area (TPSA) is 91.3 Å². The monoisotopic (exact) mass is 283 g/mol. The highest BCUT2D eigenvalue weighted by Gasteiger charge is 2.23. The van der Waals surface area contributed by atoms with Crippen LogP contribution in [0.5, 0.6) is 0 Å². The Kier molecular flexibility index (Phi) is 4.89. The number of halogens is 1. The smallest absolute Gasteiger partial charge is 0.170 e. The van der Waals surface area contributed by atoms with E-state index in [0.29, 0.717) is 31.9 Å².